The molecule has 30 heavy (non-hydrogen) atoms. The van der Waals surface area contributed by atoms with Crippen LogP contribution in [0.25, 0.3) is 0 Å². The van der Waals surface area contributed by atoms with Crippen molar-refractivity contribution in [2.45, 2.75) is 12.6 Å². The number of urea groups is 1. The largest absolute Gasteiger partial charge is 0.497 e. The van der Waals surface area contributed by atoms with Gasteiger partial charge in [-0.15, -0.1) is 6.58 Å². The molecule has 2 aliphatic rings. The number of halogens is 1. The summed E-state index contributed by atoms with van der Waals surface area (Å²) in [5, 5.41) is 2.94. The highest BCUT2D eigenvalue weighted by Gasteiger charge is 2.43. The van der Waals surface area contributed by atoms with Crippen LogP contribution in [0, 0.1) is 5.82 Å². The summed E-state index contributed by atoms with van der Waals surface area (Å²) in [6, 6.07) is 12.5. The molecular weight excluding hydrogens is 385 g/mol. The first kappa shape index (κ1) is 19.7. The number of rotatable bonds is 6. The fraction of sp³-hybridized carbons (Fsp3) is 0.217. The van der Waals surface area contributed by atoms with Gasteiger partial charge in [-0.1, -0.05) is 30.3 Å². The second-order valence-corrected chi connectivity index (χ2v) is 7.20. The van der Waals surface area contributed by atoms with Crippen LogP contribution < -0.4 is 10.1 Å². The molecule has 7 heteroatoms. The van der Waals surface area contributed by atoms with Gasteiger partial charge in [0.15, 0.2) is 0 Å². The minimum Gasteiger partial charge on any atom is -0.497 e. The average Bonchev–Trinajstić information content (AvgIpc) is 3.08. The highest BCUT2D eigenvalue weighted by molar-refractivity contribution is 6.01. The van der Waals surface area contributed by atoms with Crippen LogP contribution in [0.15, 0.2) is 72.5 Å². The molecule has 0 bridgehead atoms. The number of benzene rings is 2. The van der Waals surface area contributed by atoms with Gasteiger partial charge in [-0.05, 0) is 35.4 Å². The van der Waals surface area contributed by atoms with Crippen LogP contribution >= 0.6 is 0 Å². The number of nitrogens with one attached hydrogen (secondary N) is 1. The molecular formula is C23H22FN3O3. The summed E-state index contributed by atoms with van der Waals surface area (Å²) in [6.07, 6.45) is 1.63. The zero-order valence-electron chi connectivity index (χ0n) is 16.6. The van der Waals surface area contributed by atoms with Crippen LogP contribution in [0.5, 0.6) is 5.75 Å². The normalized spacial score (nSPS) is 18.4. The van der Waals surface area contributed by atoms with Crippen molar-refractivity contribution in [3.05, 3.63) is 89.4 Å². The number of nitrogens with zero attached hydrogens (tertiary/aromatic N) is 2. The van der Waals surface area contributed by atoms with Crippen molar-refractivity contribution in [3.63, 3.8) is 0 Å². The Hall–Kier alpha value is -3.61. The highest BCUT2D eigenvalue weighted by atomic mass is 19.1. The Kier molecular flexibility index (Phi) is 5.27. The fourth-order valence-electron chi connectivity index (χ4n) is 3.85. The molecule has 6 nitrogen and oxygen atoms in total. The first-order valence-corrected chi connectivity index (χ1v) is 9.61. The summed E-state index contributed by atoms with van der Waals surface area (Å²) in [7, 11) is 1.58. The van der Waals surface area contributed by atoms with Gasteiger partial charge in [0.1, 0.15) is 11.6 Å². The lowest BCUT2D eigenvalue weighted by atomic mass is 9.95. The van der Waals surface area contributed by atoms with Gasteiger partial charge in [0.05, 0.1) is 31.0 Å². The topological polar surface area (TPSA) is 61.9 Å². The Labute approximate surface area is 174 Å². The van der Waals surface area contributed by atoms with Crippen molar-refractivity contribution in [3.8, 4) is 5.75 Å². The summed E-state index contributed by atoms with van der Waals surface area (Å²) >= 11 is 0. The molecule has 2 aromatic carbocycles. The lowest BCUT2D eigenvalue weighted by Crippen LogP contribution is -2.47. The van der Waals surface area contributed by atoms with Crippen LogP contribution in [0.3, 0.4) is 0 Å². The van der Waals surface area contributed by atoms with E-state index in [0.717, 1.165) is 11.1 Å². The van der Waals surface area contributed by atoms with E-state index in [-0.39, 0.29) is 17.8 Å². The van der Waals surface area contributed by atoms with E-state index in [2.05, 4.69) is 11.9 Å². The van der Waals surface area contributed by atoms with E-state index in [1.807, 2.05) is 12.1 Å². The number of carbonyl (C=O) groups is 2. The zero-order chi connectivity index (χ0) is 21.3. The summed E-state index contributed by atoms with van der Waals surface area (Å²) in [5.74, 6) is 0.221. The van der Waals surface area contributed by atoms with Crippen molar-refractivity contribution in [1.82, 2.24) is 15.1 Å². The first-order chi connectivity index (χ1) is 14.5. The van der Waals surface area contributed by atoms with Crippen LogP contribution in [-0.4, -0.2) is 41.9 Å². The fourth-order valence-corrected chi connectivity index (χ4v) is 3.85. The predicted molar refractivity (Wildman–Crippen MR) is 110 cm³/mol. The van der Waals surface area contributed by atoms with Crippen molar-refractivity contribution in [2.75, 3.05) is 20.2 Å². The molecule has 2 aromatic rings. The highest BCUT2D eigenvalue weighted by Crippen LogP contribution is 2.37. The molecule has 154 valence electrons. The van der Waals surface area contributed by atoms with Crippen molar-refractivity contribution < 1.29 is 18.7 Å². The van der Waals surface area contributed by atoms with Gasteiger partial charge in [-0.25, -0.2) is 9.18 Å². The average molecular weight is 407 g/mol. The molecule has 4 rings (SSSR count). The molecule has 2 heterocycles. The van der Waals surface area contributed by atoms with Crippen molar-refractivity contribution in [1.29, 1.82) is 0 Å². The summed E-state index contributed by atoms with van der Waals surface area (Å²) < 4.78 is 18.4. The van der Waals surface area contributed by atoms with Gasteiger partial charge in [-0.2, -0.15) is 0 Å². The van der Waals surface area contributed by atoms with Gasteiger partial charge in [0.2, 0.25) is 0 Å². The Morgan fingerprint density at radius 2 is 1.87 bits per heavy atom. The zero-order valence-corrected chi connectivity index (χ0v) is 16.6. The van der Waals surface area contributed by atoms with E-state index in [1.165, 1.54) is 12.1 Å². The van der Waals surface area contributed by atoms with Gasteiger partial charge in [-0.3, -0.25) is 9.69 Å². The molecule has 1 N–H and O–H groups in total. The predicted octanol–water partition coefficient (Wildman–Crippen LogP) is 3.38. The standard InChI is InChI=1S/C23H22FN3O3/c1-3-12-27-19-14-26(13-15-4-8-17(24)9-5-15)22(28)20(19)21(25-23(27)29)16-6-10-18(30-2)11-7-16/h3-11,21H,1,12-14H2,2H3,(H,25,29). The number of methoxy groups -OCH3 is 1. The van der Waals surface area contributed by atoms with E-state index in [0.29, 0.717) is 36.7 Å². The number of carbonyl (C=O) groups excluding carboxylic acids is 2. The van der Waals surface area contributed by atoms with E-state index in [4.69, 9.17) is 4.74 Å². The Morgan fingerprint density at radius 1 is 1.17 bits per heavy atom. The van der Waals surface area contributed by atoms with Crippen LogP contribution in [0.4, 0.5) is 9.18 Å². The molecule has 0 radical (unpaired) electrons. The van der Waals surface area contributed by atoms with E-state index >= 15 is 0 Å². The Balaban J connectivity index is 1.68. The van der Waals surface area contributed by atoms with Crippen LogP contribution in [-0.2, 0) is 11.3 Å². The minimum absolute atomic E-state index is 0.149. The second-order valence-electron chi connectivity index (χ2n) is 7.20. The molecule has 3 amide bonds. The molecule has 2 aliphatic heterocycles. The number of amides is 3. The van der Waals surface area contributed by atoms with Gasteiger partial charge < -0.3 is 15.0 Å². The Morgan fingerprint density at radius 3 is 2.50 bits per heavy atom. The van der Waals surface area contributed by atoms with Crippen LogP contribution in [0.2, 0.25) is 0 Å². The smallest absolute Gasteiger partial charge is 0.322 e. The molecule has 0 saturated heterocycles. The second kappa shape index (κ2) is 8.02. The Bertz CT molecular complexity index is 1010. The van der Waals surface area contributed by atoms with E-state index < -0.39 is 6.04 Å². The number of hydrogen-bond acceptors (Lipinski definition) is 3. The lowest BCUT2D eigenvalue weighted by Gasteiger charge is -2.33. The SMILES string of the molecule is C=CCN1C(=O)NC(c2ccc(OC)cc2)C2=C1CN(Cc1ccc(F)cc1)C2=O. The number of ether oxygens (including phenoxy) is 1. The maximum atomic E-state index is 13.3. The summed E-state index contributed by atoms with van der Waals surface area (Å²) in [6.45, 7) is 4.66. The monoisotopic (exact) mass is 407 g/mol. The molecule has 1 atom stereocenters. The summed E-state index contributed by atoms with van der Waals surface area (Å²) in [5.41, 5.74) is 2.84. The van der Waals surface area contributed by atoms with Crippen LogP contribution in [0.1, 0.15) is 17.2 Å². The van der Waals surface area contributed by atoms with E-state index in [1.54, 1.807) is 47.3 Å². The maximum absolute atomic E-state index is 13.3. The van der Waals surface area contributed by atoms with Gasteiger partial charge >= 0.3 is 6.03 Å². The molecule has 1 unspecified atom stereocenters. The van der Waals surface area contributed by atoms with Crippen molar-refractivity contribution in [2.24, 2.45) is 0 Å². The molecule has 0 aliphatic carbocycles. The van der Waals surface area contributed by atoms with Crippen molar-refractivity contribution >= 4 is 11.9 Å². The third-order valence-electron chi connectivity index (χ3n) is 5.34. The minimum atomic E-state index is -0.551. The van der Waals surface area contributed by atoms with Gasteiger partial charge in [0, 0.05) is 13.1 Å². The summed E-state index contributed by atoms with van der Waals surface area (Å²) in [4.78, 5) is 29.3. The molecule has 0 saturated carbocycles. The molecule has 0 spiro atoms. The van der Waals surface area contributed by atoms with Gasteiger partial charge in [0.25, 0.3) is 5.91 Å². The van der Waals surface area contributed by atoms with E-state index in [9.17, 15) is 14.0 Å². The third kappa shape index (κ3) is 3.54. The number of hydrogen-bond donors (Lipinski definition) is 1. The maximum Gasteiger partial charge on any atom is 0.322 e. The first-order valence-electron chi connectivity index (χ1n) is 9.61. The lowest BCUT2D eigenvalue weighted by molar-refractivity contribution is -0.126. The third-order valence-corrected chi connectivity index (χ3v) is 5.34. The molecule has 0 aromatic heterocycles. The molecule has 0 fully saturated rings. The quantitative estimate of drug-likeness (QED) is 0.747.